The van der Waals surface area contributed by atoms with Gasteiger partial charge in [-0.1, -0.05) is 12.1 Å². The lowest BCUT2D eigenvalue weighted by Gasteiger charge is -2.13. The van der Waals surface area contributed by atoms with Gasteiger partial charge in [-0.15, -0.1) is 11.3 Å². The van der Waals surface area contributed by atoms with Crippen molar-refractivity contribution in [1.29, 1.82) is 0 Å². The number of aromatic nitrogens is 1. The van der Waals surface area contributed by atoms with E-state index in [0.29, 0.717) is 30.3 Å². The highest BCUT2D eigenvalue weighted by atomic mass is 32.1. The molecule has 1 aromatic carbocycles. The van der Waals surface area contributed by atoms with Crippen molar-refractivity contribution in [3.63, 3.8) is 0 Å². The maximum Gasteiger partial charge on any atom is 0.328 e. The van der Waals surface area contributed by atoms with Gasteiger partial charge in [-0.25, -0.2) is 4.79 Å². The molecule has 5 nitrogen and oxygen atoms in total. The molecule has 0 atom stereocenters. The number of para-hydroxylation sites is 1. The Kier molecular flexibility index (Phi) is 5.34. The van der Waals surface area contributed by atoms with Crippen molar-refractivity contribution in [3.8, 4) is 11.5 Å². The van der Waals surface area contributed by atoms with Crippen LogP contribution in [0.3, 0.4) is 0 Å². The number of carboxylic acid groups (broad SMARTS) is 1. The Labute approximate surface area is 126 Å². The Morgan fingerprint density at radius 2 is 2.29 bits per heavy atom. The standard InChI is InChI=1S/C15H15NO4S/c1-2-19-13-5-3-4-11(6-7-14(17)18)15(13)20-9-12-8-16-10-21-12/h3-8,10H,2,9H2,1H3,(H,17,18)/b7-6+. The third kappa shape index (κ3) is 4.32. The van der Waals surface area contributed by atoms with Crippen LogP contribution in [-0.2, 0) is 11.4 Å². The summed E-state index contributed by atoms with van der Waals surface area (Å²) in [4.78, 5) is 15.6. The molecule has 1 N–H and O–H groups in total. The van der Waals surface area contributed by atoms with Gasteiger partial charge in [0.25, 0.3) is 0 Å². The fourth-order valence-electron chi connectivity index (χ4n) is 1.71. The molecule has 0 aliphatic carbocycles. The summed E-state index contributed by atoms with van der Waals surface area (Å²) in [6.07, 6.45) is 4.30. The topological polar surface area (TPSA) is 68.7 Å². The van der Waals surface area contributed by atoms with Crippen molar-refractivity contribution < 1.29 is 19.4 Å². The molecule has 1 aromatic heterocycles. The predicted molar refractivity (Wildman–Crippen MR) is 80.7 cm³/mol. The first-order valence-electron chi connectivity index (χ1n) is 6.37. The number of nitrogens with zero attached hydrogens (tertiary/aromatic N) is 1. The van der Waals surface area contributed by atoms with Gasteiger partial charge in [0.05, 0.1) is 17.0 Å². The average Bonchev–Trinajstić information content (AvgIpc) is 2.97. The zero-order valence-corrected chi connectivity index (χ0v) is 12.3. The van der Waals surface area contributed by atoms with Crippen LogP contribution < -0.4 is 9.47 Å². The SMILES string of the molecule is CCOc1cccc(/C=C/C(=O)O)c1OCc1cncs1. The number of ether oxygens (including phenoxy) is 2. The quantitative estimate of drug-likeness (QED) is 0.795. The average molecular weight is 305 g/mol. The van der Waals surface area contributed by atoms with Crippen LogP contribution in [0.4, 0.5) is 0 Å². The molecule has 0 unspecified atom stereocenters. The Balaban J connectivity index is 2.26. The van der Waals surface area contributed by atoms with E-state index >= 15 is 0 Å². The molecule has 0 spiro atoms. The summed E-state index contributed by atoms with van der Waals surface area (Å²) in [6.45, 7) is 2.75. The largest absolute Gasteiger partial charge is 0.490 e. The zero-order chi connectivity index (χ0) is 15.1. The minimum absolute atomic E-state index is 0.364. The van der Waals surface area contributed by atoms with E-state index in [1.807, 2.05) is 6.92 Å². The third-order valence-electron chi connectivity index (χ3n) is 2.56. The van der Waals surface area contributed by atoms with E-state index in [4.69, 9.17) is 14.6 Å². The van der Waals surface area contributed by atoms with Gasteiger partial charge < -0.3 is 14.6 Å². The Morgan fingerprint density at radius 3 is 2.95 bits per heavy atom. The lowest BCUT2D eigenvalue weighted by Crippen LogP contribution is -2.00. The molecule has 110 valence electrons. The van der Waals surface area contributed by atoms with E-state index < -0.39 is 5.97 Å². The maximum atomic E-state index is 10.7. The summed E-state index contributed by atoms with van der Waals surface area (Å²) in [5.41, 5.74) is 2.39. The second kappa shape index (κ2) is 7.44. The van der Waals surface area contributed by atoms with Gasteiger partial charge in [-0.3, -0.25) is 4.98 Å². The molecule has 0 aliphatic heterocycles. The third-order valence-corrected chi connectivity index (χ3v) is 3.31. The number of thiazole rings is 1. The molecule has 0 radical (unpaired) electrons. The molecular weight excluding hydrogens is 290 g/mol. The van der Waals surface area contributed by atoms with Gasteiger partial charge in [0.15, 0.2) is 11.5 Å². The Hall–Kier alpha value is -2.34. The summed E-state index contributed by atoms with van der Waals surface area (Å²) in [5, 5.41) is 8.75. The van der Waals surface area contributed by atoms with Crippen molar-refractivity contribution >= 4 is 23.4 Å². The molecular formula is C15H15NO4S. The number of carboxylic acids is 1. The number of rotatable bonds is 7. The summed E-state index contributed by atoms with van der Waals surface area (Å²) in [5.74, 6) is 0.116. The van der Waals surface area contributed by atoms with Gasteiger partial charge in [0.1, 0.15) is 6.61 Å². The number of aliphatic carboxylic acids is 1. The lowest BCUT2D eigenvalue weighted by molar-refractivity contribution is -0.131. The zero-order valence-electron chi connectivity index (χ0n) is 11.5. The molecule has 0 fully saturated rings. The minimum atomic E-state index is -1.01. The van der Waals surface area contributed by atoms with Gasteiger partial charge in [-0.05, 0) is 19.1 Å². The predicted octanol–water partition coefficient (Wildman–Crippen LogP) is 3.22. The van der Waals surface area contributed by atoms with Gasteiger partial charge in [0.2, 0.25) is 0 Å². The lowest BCUT2D eigenvalue weighted by atomic mass is 10.1. The first-order valence-corrected chi connectivity index (χ1v) is 7.25. The highest BCUT2D eigenvalue weighted by Crippen LogP contribution is 2.33. The Morgan fingerprint density at radius 1 is 1.43 bits per heavy atom. The molecule has 1 heterocycles. The van der Waals surface area contributed by atoms with Crippen LogP contribution in [0.1, 0.15) is 17.4 Å². The molecule has 0 saturated heterocycles. The van der Waals surface area contributed by atoms with Crippen LogP contribution in [0.2, 0.25) is 0 Å². The fraction of sp³-hybridized carbons (Fsp3) is 0.200. The molecule has 2 rings (SSSR count). The van der Waals surface area contributed by atoms with E-state index in [2.05, 4.69) is 4.98 Å². The summed E-state index contributed by atoms with van der Waals surface area (Å²) in [6, 6.07) is 5.37. The molecule has 0 amide bonds. The van der Waals surface area contributed by atoms with Crippen molar-refractivity contribution in [2.24, 2.45) is 0 Å². The summed E-state index contributed by atoms with van der Waals surface area (Å²) >= 11 is 1.50. The van der Waals surface area contributed by atoms with Gasteiger partial charge in [-0.2, -0.15) is 0 Å². The minimum Gasteiger partial charge on any atom is -0.490 e. The molecule has 2 aromatic rings. The number of hydrogen-bond donors (Lipinski definition) is 1. The number of hydrogen-bond acceptors (Lipinski definition) is 5. The van der Waals surface area contributed by atoms with E-state index in [-0.39, 0.29) is 0 Å². The van der Waals surface area contributed by atoms with Crippen LogP contribution in [0.15, 0.2) is 36.0 Å². The fourth-order valence-corrected chi connectivity index (χ4v) is 2.21. The first-order chi connectivity index (χ1) is 10.2. The van der Waals surface area contributed by atoms with Crippen LogP contribution >= 0.6 is 11.3 Å². The van der Waals surface area contributed by atoms with Crippen LogP contribution in [0.25, 0.3) is 6.08 Å². The van der Waals surface area contributed by atoms with Gasteiger partial charge >= 0.3 is 5.97 Å². The van der Waals surface area contributed by atoms with Crippen LogP contribution in [-0.4, -0.2) is 22.7 Å². The van der Waals surface area contributed by atoms with Crippen molar-refractivity contribution in [2.75, 3.05) is 6.61 Å². The van der Waals surface area contributed by atoms with Crippen molar-refractivity contribution in [2.45, 2.75) is 13.5 Å². The number of benzene rings is 1. The monoisotopic (exact) mass is 305 g/mol. The summed E-state index contributed by atoms with van der Waals surface area (Å²) in [7, 11) is 0. The van der Waals surface area contributed by atoms with E-state index in [1.54, 1.807) is 29.9 Å². The van der Waals surface area contributed by atoms with E-state index in [0.717, 1.165) is 11.0 Å². The van der Waals surface area contributed by atoms with Crippen molar-refractivity contribution in [3.05, 3.63) is 46.4 Å². The van der Waals surface area contributed by atoms with Crippen molar-refractivity contribution in [1.82, 2.24) is 4.98 Å². The highest BCUT2D eigenvalue weighted by molar-refractivity contribution is 7.09. The van der Waals surface area contributed by atoms with E-state index in [1.165, 1.54) is 17.4 Å². The smallest absolute Gasteiger partial charge is 0.328 e. The van der Waals surface area contributed by atoms with Gasteiger partial charge in [0, 0.05) is 17.8 Å². The second-order valence-corrected chi connectivity index (χ2v) is 5.01. The molecule has 6 heteroatoms. The van der Waals surface area contributed by atoms with Crippen LogP contribution in [0.5, 0.6) is 11.5 Å². The molecule has 0 aliphatic rings. The van der Waals surface area contributed by atoms with Crippen LogP contribution in [0, 0.1) is 0 Å². The molecule has 0 bridgehead atoms. The summed E-state index contributed by atoms with van der Waals surface area (Å²) < 4.78 is 11.3. The molecule has 0 saturated carbocycles. The van der Waals surface area contributed by atoms with E-state index in [9.17, 15) is 4.79 Å². The molecule has 21 heavy (non-hydrogen) atoms. The second-order valence-electron chi connectivity index (χ2n) is 4.04. The first kappa shape index (κ1) is 15.1. The number of carbonyl (C=O) groups is 1. The highest BCUT2D eigenvalue weighted by Gasteiger charge is 2.10. The maximum absolute atomic E-state index is 10.7. The Bertz CT molecular complexity index is 623. The normalized spacial score (nSPS) is 10.7.